The van der Waals surface area contributed by atoms with Crippen molar-refractivity contribution < 1.29 is 4.74 Å². The summed E-state index contributed by atoms with van der Waals surface area (Å²) in [5, 5.41) is 1.66. The summed E-state index contributed by atoms with van der Waals surface area (Å²) in [6.45, 7) is 0.452. The van der Waals surface area contributed by atoms with E-state index in [2.05, 4.69) is 0 Å². The Morgan fingerprint density at radius 1 is 1.14 bits per heavy atom. The van der Waals surface area contributed by atoms with Crippen LogP contribution >= 0.6 is 0 Å². The molecule has 0 saturated carbocycles. The number of aromatic nitrogens is 1. The van der Waals surface area contributed by atoms with Gasteiger partial charge in [-0.15, -0.1) is 0 Å². The van der Waals surface area contributed by atoms with Crippen LogP contribution in [0.2, 0.25) is 0 Å². The van der Waals surface area contributed by atoms with Crippen molar-refractivity contribution >= 4 is 16.5 Å². The number of nitrogen functional groups attached to an aromatic ring is 1. The Bertz CT molecular complexity index is 853. The van der Waals surface area contributed by atoms with Gasteiger partial charge in [-0.2, -0.15) is 0 Å². The van der Waals surface area contributed by atoms with E-state index in [1.165, 1.54) is 0 Å². The van der Waals surface area contributed by atoms with Gasteiger partial charge in [-0.3, -0.25) is 4.79 Å². The molecule has 0 amide bonds. The molecule has 2 N–H and O–H groups in total. The number of fused-ring (bicyclic) bond motifs is 1. The Morgan fingerprint density at radius 3 is 2.76 bits per heavy atom. The van der Waals surface area contributed by atoms with Crippen LogP contribution in [0, 0.1) is 0 Å². The number of nitrogens with zero attached hydrogens (tertiary/aromatic N) is 1. The van der Waals surface area contributed by atoms with E-state index in [1.807, 2.05) is 42.5 Å². The Labute approximate surface area is 122 Å². The summed E-state index contributed by atoms with van der Waals surface area (Å²) in [6.07, 6.45) is 1.81. The van der Waals surface area contributed by atoms with Crippen molar-refractivity contribution in [2.45, 2.75) is 6.54 Å². The molecule has 0 radical (unpaired) electrons. The molecule has 3 rings (SSSR count). The van der Waals surface area contributed by atoms with Gasteiger partial charge in [0.2, 0.25) is 0 Å². The standard InChI is InChI=1S/C17H16N2O2/c1-21-16-10-14(18)7-6-13(16)11-19-9-8-12-4-2-3-5-15(12)17(19)20/h2-10H,11,18H2,1H3. The highest BCUT2D eigenvalue weighted by molar-refractivity contribution is 5.81. The largest absolute Gasteiger partial charge is 0.496 e. The number of methoxy groups -OCH3 is 1. The third-order valence-corrected chi connectivity index (χ3v) is 3.54. The summed E-state index contributed by atoms with van der Waals surface area (Å²) in [5.41, 5.74) is 7.31. The summed E-state index contributed by atoms with van der Waals surface area (Å²) in [6, 6.07) is 15.0. The zero-order chi connectivity index (χ0) is 14.8. The van der Waals surface area contributed by atoms with Crippen molar-refractivity contribution in [2.24, 2.45) is 0 Å². The van der Waals surface area contributed by atoms with Crippen LogP contribution in [0.4, 0.5) is 5.69 Å². The van der Waals surface area contributed by atoms with Crippen LogP contribution in [0.15, 0.2) is 59.5 Å². The first-order chi connectivity index (χ1) is 10.2. The second-order valence-corrected chi connectivity index (χ2v) is 4.91. The monoisotopic (exact) mass is 280 g/mol. The number of benzene rings is 2. The molecule has 2 aromatic carbocycles. The van der Waals surface area contributed by atoms with Gasteiger partial charge in [-0.25, -0.2) is 0 Å². The van der Waals surface area contributed by atoms with Gasteiger partial charge in [0.15, 0.2) is 0 Å². The first-order valence-corrected chi connectivity index (χ1v) is 6.69. The molecular formula is C17H16N2O2. The fourth-order valence-electron chi connectivity index (χ4n) is 2.43. The van der Waals surface area contributed by atoms with Gasteiger partial charge in [-0.1, -0.05) is 24.3 Å². The summed E-state index contributed by atoms with van der Waals surface area (Å²) >= 11 is 0. The van der Waals surface area contributed by atoms with Crippen molar-refractivity contribution in [3.8, 4) is 5.75 Å². The van der Waals surface area contributed by atoms with Crippen molar-refractivity contribution in [3.05, 3.63) is 70.6 Å². The fourth-order valence-corrected chi connectivity index (χ4v) is 2.43. The number of ether oxygens (including phenoxy) is 1. The first kappa shape index (κ1) is 13.2. The molecule has 1 heterocycles. The van der Waals surface area contributed by atoms with Gasteiger partial charge in [0.05, 0.1) is 13.7 Å². The number of nitrogens with two attached hydrogens (primary N) is 1. The topological polar surface area (TPSA) is 57.2 Å². The van der Waals surface area contributed by atoms with Gasteiger partial charge in [-0.05, 0) is 23.6 Å². The summed E-state index contributed by atoms with van der Waals surface area (Å²) in [4.78, 5) is 12.5. The minimum absolute atomic E-state index is 0.00743. The number of hydrogen-bond acceptors (Lipinski definition) is 3. The van der Waals surface area contributed by atoms with E-state index in [0.29, 0.717) is 18.0 Å². The third kappa shape index (κ3) is 2.48. The lowest BCUT2D eigenvalue weighted by Gasteiger charge is -2.11. The van der Waals surface area contributed by atoms with E-state index in [-0.39, 0.29) is 5.56 Å². The molecule has 0 spiro atoms. The SMILES string of the molecule is COc1cc(N)ccc1Cn1ccc2ccccc2c1=O. The van der Waals surface area contributed by atoms with E-state index >= 15 is 0 Å². The highest BCUT2D eigenvalue weighted by atomic mass is 16.5. The first-order valence-electron chi connectivity index (χ1n) is 6.69. The molecule has 0 aliphatic rings. The van der Waals surface area contributed by atoms with Crippen LogP contribution in [0.25, 0.3) is 10.8 Å². The van der Waals surface area contributed by atoms with Crippen LogP contribution in [0.3, 0.4) is 0 Å². The van der Waals surface area contributed by atoms with Crippen LogP contribution < -0.4 is 16.0 Å². The Balaban J connectivity index is 2.06. The van der Waals surface area contributed by atoms with Crippen molar-refractivity contribution in [1.29, 1.82) is 0 Å². The number of rotatable bonds is 3. The fraction of sp³-hybridized carbons (Fsp3) is 0.118. The second kappa shape index (κ2) is 5.32. The zero-order valence-corrected chi connectivity index (χ0v) is 11.7. The molecule has 0 saturated heterocycles. The Morgan fingerprint density at radius 2 is 1.95 bits per heavy atom. The molecule has 106 valence electrons. The Hall–Kier alpha value is -2.75. The molecule has 4 heteroatoms. The quantitative estimate of drug-likeness (QED) is 0.750. The number of pyridine rings is 1. The summed E-state index contributed by atoms with van der Waals surface area (Å²) in [5.74, 6) is 0.690. The molecule has 0 unspecified atom stereocenters. The Kier molecular flexibility index (Phi) is 3.36. The summed E-state index contributed by atoms with van der Waals surface area (Å²) in [7, 11) is 1.60. The summed E-state index contributed by atoms with van der Waals surface area (Å²) < 4.78 is 7.01. The molecule has 0 fully saturated rings. The van der Waals surface area contributed by atoms with Gasteiger partial charge in [0, 0.05) is 28.9 Å². The minimum atomic E-state index is -0.00743. The average Bonchev–Trinajstić information content (AvgIpc) is 2.51. The van der Waals surface area contributed by atoms with E-state index in [4.69, 9.17) is 10.5 Å². The van der Waals surface area contributed by atoms with Crippen molar-refractivity contribution in [3.63, 3.8) is 0 Å². The zero-order valence-electron chi connectivity index (χ0n) is 11.7. The van der Waals surface area contributed by atoms with Crippen LogP contribution in [-0.2, 0) is 6.54 Å². The molecule has 0 atom stereocenters. The van der Waals surface area contributed by atoms with Gasteiger partial charge < -0.3 is 15.0 Å². The normalized spacial score (nSPS) is 10.7. The second-order valence-electron chi connectivity index (χ2n) is 4.91. The van der Waals surface area contributed by atoms with Gasteiger partial charge in [0.25, 0.3) is 5.56 Å². The van der Waals surface area contributed by atoms with E-state index in [9.17, 15) is 4.79 Å². The molecule has 1 aromatic heterocycles. The average molecular weight is 280 g/mol. The lowest BCUT2D eigenvalue weighted by atomic mass is 10.1. The van der Waals surface area contributed by atoms with Crippen LogP contribution in [0.1, 0.15) is 5.56 Å². The molecule has 0 bridgehead atoms. The maximum atomic E-state index is 12.5. The maximum absolute atomic E-state index is 12.5. The molecule has 4 nitrogen and oxygen atoms in total. The predicted octanol–water partition coefficient (Wildman–Crippen LogP) is 2.64. The molecule has 0 aliphatic carbocycles. The van der Waals surface area contributed by atoms with Crippen LogP contribution in [0.5, 0.6) is 5.75 Å². The van der Waals surface area contributed by atoms with Crippen LogP contribution in [-0.4, -0.2) is 11.7 Å². The van der Waals surface area contributed by atoms with Gasteiger partial charge in [0.1, 0.15) is 5.75 Å². The van der Waals surface area contributed by atoms with Crippen molar-refractivity contribution in [1.82, 2.24) is 4.57 Å². The highest BCUT2D eigenvalue weighted by Crippen LogP contribution is 2.22. The predicted molar refractivity (Wildman–Crippen MR) is 84.7 cm³/mol. The van der Waals surface area contributed by atoms with E-state index < -0.39 is 0 Å². The van der Waals surface area contributed by atoms with E-state index in [1.54, 1.807) is 23.9 Å². The van der Waals surface area contributed by atoms with E-state index in [0.717, 1.165) is 16.3 Å². The number of anilines is 1. The lowest BCUT2D eigenvalue weighted by Crippen LogP contribution is -2.20. The lowest BCUT2D eigenvalue weighted by molar-refractivity contribution is 0.408. The van der Waals surface area contributed by atoms with Gasteiger partial charge >= 0.3 is 0 Å². The molecule has 0 aliphatic heterocycles. The smallest absolute Gasteiger partial charge is 0.258 e. The third-order valence-electron chi connectivity index (χ3n) is 3.54. The van der Waals surface area contributed by atoms with Crippen molar-refractivity contribution in [2.75, 3.05) is 12.8 Å². The molecule has 21 heavy (non-hydrogen) atoms. The molecular weight excluding hydrogens is 264 g/mol. The minimum Gasteiger partial charge on any atom is -0.496 e. The number of hydrogen-bond donors (Lipinski definition) is 1. The maximum Gasteiger partial charge on any atom is 0.258 e. The highest BCUT2D eigenvalue weighted by Gasteiger charge is 2.07. The molecule has 3 aromatic rings.